The van der Waals surface area contributed by atoms with Crippen LogP contribution < -0.4 is 0 Å². The van der Waals surface area contributed by atoms with Crippen LogP contribution in [0.2, 0.25) is 0 Å². The molecule has 4 N–H and O–H groups in total. The van der Waals surface area contributed by atoms with Crippen molar-refractivity contribution in [2.24, 2.45) is 17.8 Å². The highest BCUT2D eigenvalue weighted by Crippen LogP contribution is 2.38. The van der Waals surface area contributed by atoms with E-state index >= 15 is 0 Å². The van der Waals surface area contributed by atoms with Gasteiger partial charge in [0.05, 0.1) is 12.8 Å². The molecule has 0 aliphatic carbocycles. The van der Waals surface area contributed by atoms with Crippen LogP contribution in [0.1, 0.15) is 103 Å². The topological polar surface area (TPSA) is 193 Å². The second-order valence-electron chi connectivity index (χ2n) is 10.2. The van der Waals surface area contributed by atoms with E-state index in [9.17, 15) is 44.1 Å². The number of carboxylic acid groups (broad SMARTS) is 4. The molecule has 0 saturated carbocycles. The summed E-state index contributed by atoms with van der Waals surface area (Å²) in [5.74, 6) is -10.8. The van der Waals surface area contributed by atoms with E-state index in [1.165, 1.54) is 32.1 Å². The molecule has 0 amide bonds. The number of hydrogen-bond acceptors (Lipinski definition) is 8. The van der Waals surface area contributed by atoms with Crippen LogP contribution in [0.15, 0.2) is 0 Å². The maximum atomic E-state index is 13.3. The third kappa shape index (κ3) is 19.4. The van der Waals surface area contributed by atoms with Crippen LogP contribution in [0.4, 0.5) is 0 Å². The standard InChI is InChI=1S/C28H45ClO11S/c1-2-3-4-5-6-7-8-9-10-11-14-41-28(39)21(17-26(36)37)19(15-24(32)33)20(16-25(34)35)22(12-13-23(30)31)40-27(38)18-29/h19-22H,2-18H2,1H3,(H,30,31)(H,32,33)(H,34,35)(H,36,37)/t19-,20+,21+,22+/m0/s1. The van der Waals surface area contributed by atoms with Crippen molar-refractivity contribution in [2.45, 2.75) is 109 Å². The predicted molar refractivity (Wildman–Crippen MR) is 154 cm³/mol. The average Bonchev–Trinajstić information content (AvgIpc) is 2.89. The number of hydrogen-bond donors (Lipinski definition) is 4. The molecule has 0 fully saturated rings. The van der Waals surface area contributed by atoms with Gasteiger partial charge in [-0.2, -0.15) is 0 Å². The van der Waals surface area contributed by atoms with Crippen molar-refractivity contribution >= 4 is 58.3 Å². The molecule has 0 saturated heterocycles. The first-order chi connectivity index (χ1) is 19.4. The summed E-state index contributed by atoms with van der Waals surface area (Å²) in [6, 6.07) is 0. The quantitative estimate of drug-likeness (QED) is 0.0540. The van der Waals surface area contributed by atoms with Crippen LogP contribution in [-0.2, 0) is 33.5 Å². The molecule has 0 rings (SSSR count). The predicted octanol–water partition coefficient (Wildman–Crippen LogP) is 5.46. The van der Waals surface area contributed by atoms with Crippen LogP contribution >= 0.6 is 23.4 Å². The number of halogens is 1. The monoisotopic (exact) mass is 624 g/mol. The van der Waals surface area contributed by atoms with Gasteiger partial charge in [0.25, 0.3) is 0 Å². The number of rotatable bonds is 26. The van der Waals surface area contributed by atoms with Crippen molar-refractivity contribution in [3.8, 4) is 0 Å². The number of esters is 1. The molecule has 11 nitrogen and oxygen atoms in total. The van der Waals surface area contributed by atoms with E-state index in [4.69, 9.17) is 21.4 Å². The van der Waals surface area contributed by atoms with Gasteiger partial charge in [-0.05, 0) is 18.8 Å². The lowest BCUT2D eigenvalue weighted by Gasteiger charge is -2.35. The zero-order chi connectivity index (χ0) is 31.2. The Kier molecular flexibility index (Phi) is 21.9. The van der Waals surface area contributed by atoms with Crippen LogP contribution in [0, 0.1) is 17.8 Å². The van der Waals surface area contributed by atoms with Gasteiger partial charge < -0.3 is 25.2 Å². The largest absolute Gasteiger partial charge is 0.481 e. The fourth-order valence-corrected chi connectivity index (χ4v) is 5.93. The Morgan fingerprint density at radius 3 is 1.63 bits per heavy atom. The maximum Gasteiger partial charge on any atom is 0.321 e. The highest BCUT2D eigenvalue weighted by molar-refractivity contribution is 8.13. The second kappa shape index (κ2) is 23.2. The van der Waals surface area contributed by atoms with E-state index in [-0.39, 0.29) is 6.42 Å². The lowest BCUT2D eigenvalue weighted by Crippen LogP contribution is -2.41. The van der Waals surface area contributed by atoms with Gasteiger partial charge in [-0.15, -0.1) is 11.6 Å². The number of thioether (sulfide) groups is 1. The van der Waals surface area contributed by atoms with Gasteiger partial charge in [-0.25, -0.2) is 0 Å². The third-order valence-electron chi connectivity index (χ3n) is 6.84. The summed E-state index contributed by atoms with van der Waals surface area (Å²) >= 11 is 6.39. The van der Waals surface area contributed by atoms with Crippen molar-refractivity contribution < 1.29 is 53.9 Å². The van der Waals surface area contributed by atoms with Gasteiger partial charge in [-0.3, -0.25) is 28.8 Å². The smallest absolute Gasteiger partial charge is 0.321 e. The SMILES string of the molecule is CCCCCCCCCCCCSC(=O)[C@H](CC(=O)O)[C@@H](CC(=O)O)[C@@H](CC(=O)O)[C@@H](CCC(=O)O)OC(=O)CCl. The molecule has 0 bridgehead atoms. The summed E-state index contributed by atoms with van der Waals surface area (Å²) in [6.45, 7) is 2.17. The van der Waals surface area contributed by atoms with E-state index < -0.39 is 90.4 Å². The summed E-state index contributed by atoms with van der Waals surface area (Å²) in [5, 5.41) is 37.2. The van der Waals surface area contributed by atoms with E-state index in [1.807, 2.05) is 0 Å². The summed E-state index contributed by atoms with van der Waals surface area (Å²) in [4.78, 5) is 71.7. The Bertz CT molecular complexity index is 836. The molecule has 4 atom stereocenters. The summed E-state index contributed by atoms with van der Waals surface area (Å²) < 4.78 is 5.23. The number of ether oxygens (including phenoxy) is 1. The van der Waals surface area contributed by atoms with Gasteiger partial charge in [0.2, 0.25) is 0 Å². The first kappa shape index (κ1) is 38.7. The number of carbonyl (C=O) groups is 6. The van der Waals surface area contributed by atoms with Crippen molar-refractivity contribution in [1.82, 2.24) is 0 Å². The molecule has 0 aromatic heterocycles. The molecular formula is C28H45ClO11S. The second-order valence-corrected chi connectivity index (χ2v) is 11.5. The minimum atomic E-state index is -1.41. The fraction of sp³-hybridized carbons (Fsp3) is 0.786. The van der Waals surface area contributed by atoms with Crippen LogP contribution in [0.5, 0.6) is 0 Å². The first-order valence-corrected chi connectivity index (χ1v) is 15.7. The molecular weight excluding hydrogens is 580 g/mol. The van der Waals surface area contributed by atoms with Crippen molar-refractivity contribution in [3.63, 3.8) is 0 Å². The Balaban J connectivity index is 5.64. The van der Waals surface area contributed by atoms with Gasteiger partial charge in [0.1, 0.15) is 12.0 Å². The van der Waals surface area contributed by atoms with E-state index in [0.29, 0.717) is 12.2 Å². The number of unbranched alkanes of at least 4 members (excludes halogenated alkanes) is 9. The van der Waals surface area contributed by atoms with E-state index in [1.54, 1.807) is 0 Å². The fourth-order valence-electron chi connectivity index (χ4n) is 4.85. The Morgan fingerprint density at radius 2 is 1.17 bits per heavy atom. The molecule has 0 radical (unpaired) electrons. The molecule has 13 heteroatoms. The van der Waals surface area contributed by atoms with Gasteiger partial charge in [0.15, 0.2) is 5.12 Å². The van der Waals surface area contributed by atoms with Crippen molar-refractivity contribution in [1.29, 1.82) is 0 Å². The lowest BCUT2D eigenvalue weighted by atomic mass is 9.73. The summed E-state index contributed by atoms with van der Waals surface area (Å²) in [6.07, 6.45) is 6.31. The molecule has 0 aliphatic rings. The highest BCUT2D eigenvalue weighted by atomic mass is 35.5. The zero-order valence-corrected chi connectivity index (χ0v) is 25.3. The Morgan fingerprint density at radius 1 is 0.683 bits per heavy atom. The minimum Gasteiger partial charge on any atom is -0.481 e. The lowest BCUT2D eigenvalue weighted by molar-refractivity contribution is -0.158. The van der Waals surface area contributed by atoms with Gasteiger partial charge >= 0.3 is 29.8 Å². The molecule has 0 unspecified atom stereocenters. The molecule has 0 aromatic carbocycles. The highest BCUT2D eigenvalue weighted by Gasteiger charge is 2.43. The van der Waals surface area contributed by atoms with E-state index in [0.717, 1.165) is 37.4 Å². The number of carboxylic acids is 4. The van der Waals surface area contributed by atoms with Gasteiger partial charge in [0, 0.05) is 30.4 Å². The summed E-state index contributed by atoms with van der Waals surface area (Å²) in [7, 11) is 0. The molecule has 0 aliphatic heterocycles. The number of alkyl halides is 1. The van der Waals surface area contributed by atoms with Crippen LogP contribution in [0.3, 0.4) is 0 Å². The normalized spacial score (nSPS) is 14.0. The number of aliphatic carboxylic acids is 4. The maximum absolute atomic E-state index is 13.3. The van der Waals surface area contributed by atoms with Crippen molar-refractivity contribution in [3.05, 3.63) is 0 Å². The number of carbonyl (C=O) groups excluding carboxylic acids is 2. The van der Waals surface area contributed by atoms with Crippen LogP contribution in [-0.4, -0.2) is 73.1 Å². The van der Waals surface area contributed by atoms with Crippen molar-refractivity contribution in [2.75, 3.05) is 11.6 Å². The van der Waals surface area contributed by atoms with Crippen LogP contribution in [0.25, 0.3) is 0 Å². The average molecular weight is 625 g/mol. The summed E-state index contributed by atoms with van der Waals surface area (Å²) in [5.41, 5.74) is 0. The van der Waals surface area contributed by atoms with E-state index in [2.05, 4.69) is 6.92 Å². The minimum absolute atomic E-state index is 0.369. The van der Waals surface area contributed by atoms with Gasteiger partial charge in [-0.1, -0.05) is 76.5 Å². The zero-order valence-electron chi connectivity index (χ0n) is 23.8. The molecule has 236 valence electrons. The molecule has 0 spiro atoms. The third-order valence-corrected chi connectivity index (χ3v) is 8.14. The Hall–Kier alpha value is -2.34. The molecule has 0 aromatic rings. The Labute approximate surface area is 250 Å². The molecule has 41 heavy (non-hydrogen) atoms. The molecule has 0 heterocycles. The first-order valence-electron chi connectivity index (χ1n) is 14.2.